The monoisotopic (exact) mass is 568 g/mol. The number of halogens is 4. The van der Waals surface area contributed by atoms with Crippen molar-refractivity contribution in [1.29, 1.82) is 0 Å². The van der Waals surface area contributed by atoms with E-state index in [1.54, 1.807) is 7.05 Å². The average Bonchev–Trinajstić information content (AvgIpc) is 3.50. The van der Waals surface area contributed by atoms with Gasteiger partial charge in [-0.05, 0) is 59.6 Å². The highest BCUT2D eigenvalue weighted by atomic mass is 79.9. The van der Waals surface area contributed by atoms with Crippen LogP contribution in [0, 0.1) is 17.5 Å². The quantitative estimate of drug-likeness (QED) is 0.253. The van der Waals surface area contributed by atoms with Crippen molar-refractivity contribution in [3.05, 3.63) is 88.0 Å². The first-order chi connectivity index (χ1) is 17.8. The summed E-state index contributed by atoms with van der Waals surface area (Å²) >= 11 is 3.54. The second-order valence-corrected chi connectivity index (χ2v) is 9.97. The predicted molar refractivity (Wildman–Crippen MR) is 135 cm³/mol. The Kier molecular flexibility index (Phi) is 5.52. The summed E-state index contributed by atoms with van der Waals surface area (Å²) in [5.41, 5.74) is 0.751. The second-order valence-electron chi connectivity index (χ2n) is 9.11. The average molecular weight is 569 g/mol. The minimum Gasteiger partial charge on any atom is -0.492 e. The minimum atomic E-state index is -0.878. The summed E-state index contributed by atoms with van der Waals surface area (Å²) in [4.78, 5) is 7.48. The van der Waals surface area contributed by atoms with E-state index < -0.39 is 28.6 Å². The van der Waals surface area contributed by atoms with Gasteiger partial charge in [-0.1, -0.05) is 12.1 Å². The standard InChI is InChI=1S/C27H20BrF3N4O2/c1-27(9-11-36-23-17(27)4-3-5-18(23)28)26-33-25(35(2)34-26)16-12-14(6-7-19(16)29)37-24-20(30)13-21-15(22(24)31)8-10-32-21/h3-8,10,12-13,32H,9,11H2,1-2H3. The first-order valence-corrected chi connectivity index (χ1v) is 12.3. The summed E-state index contributed by atoms with van der Waals surface area (Å²) < 4.78 is 58.3. The van der Waals surface area contributed by atoms with Crippen molar-refractivity contribution >= 4 is 26.8 Å². The number of rotatable bonds is 4. The Bertz CT molecular complexity index is 1680. The molecule has 188 valence electrons. The van der Waals surface area contributed by atoms with E-state index in [-0.39, 0.29) is 22.5 Å². The summed E-state index contributed by atoms with van der Waals surface area (Å²) in [5.74, 6) is -1.32. The fourth-order valence-corrected chi connectivity index (χ4v) is 5.21. The number of aryl methyl sites for hydroxylation is 1. The van der Waals surface area contributed by atoms with Crippen LogP contribution in [0.15, 0.2) is 59.2 Å². The van der Waals surface area contributed by atoms with Crippen LogP contribution < -0.4 is 9.47 Å². The number of hydrogen-bond acceptors (Lipinski definition) is 4. The molecule has 5 aromatic rings. The summed E-state index contributed by atoms with van der Waals surface area (Å²) in [7, 11) is 1.67. The molecule has 3 heterocycles. The third kappa shape index (κ3) is 3.78. The van der Waals surface area contributed by atoms with Crippen LogP contribution in [0.4, 0.5) is 13.2 Å². The Morgan fingerprint density at radius 2 is 1.95 bits per heavy atom. The maximum absolute atomic E-state index is 15.0. The lowest BCUT2D eigenvalue weighted by atomic mass is 9.77. The number of hydrogen-bond donors (Lipinski definition) is 1. The Labute approximate surface area is 218 Å². The van der Waals surface area contributed by atoms with Crippen molar-refractivity contribution < 1.29 is 22.6 Å². The van der Waals surface area contributed by atoms with Crippen molar-refractivity contribution in [2.75, 3.05) is 6.61 Å². The van der Waals surface area contributed by atoms with Crippen molar-refractivity contribution in [2.45, 2.75) is 18.8 Å². The van der Waals surface area contributed by atoms with Gasteiger partial charge in [0.25, 0.3) is 0 Å². The normalized spacial score (nSPS) is 17.0. The van der Waals surface area contributed by atoms with Gasteiger partial charge in [-0.3, -0.25) is 0 Å². The number of aromatic nitrogens is 4. The largest absolute Gasteiger partial charge is 0.492 e. The summed E-state index contributed by atoms with van der Waals surface area (Å²) in [5, 5.41) is 4.81. The van der Waals surface area contributed by atoms with E-state index in [2.05, 4.69) is 26.0 Å². The molecular weight excluding hydrogens is 549 g/mol. The molecule has 0 spiro atoms. The number of H-pyrrole nitrogens is 1. The topological polar surface area (TPSA) is 65.0 Å². The molecule has 1 aliphatic heterocycles. The van der Waals surface area contributed by atoms with Crippen molar-refractivity contribution in [3.63, 3.8) is 0 Å². The van der Waals surface area contributed by atoms with Gasteiger partial charge in [0.1, 0.15) is 17.3 Å². The molecule has 0 fully saturated rings. The van der Waals surface area contributed by atoms with Gasteiger partial charge in [0.05, 0.1) is 27.6 Å². The van der Waals surface area contributed by atoms with Gasteiger partial charge >= 0.3 is 0 Å². The van der Waals surface area contributed by atoms with Crippen LogP contribution in [-0.2, 0) is 12.5 Å². The lowest BCUT2D eigenvalue weighted by Gasteiger charge is -2.33. The molecule has 6 nitrogen and oxygen atoms in total. The van der Waals surface area contributed by atoms with Gasteiger partial charge in [-0.15, -0.1) is 0 Å². The third-order valence-electron chi connectivity index (χ3n) is 6.77. The molecule has 6 rings (SSSR count). The molecule has 0 saturated heterocycles. The molecule has 0 aliphatic carbocycles. The van der Waals surface area contributed by atoms with E-state index in [1.807, 2.05) is 25.1 Å². The zero-order valence-corrected chi connectivity index (χ0v) is 21.4. The highest BCUT2D eigenvalue weighted by molar-refractivity contribution is 9.10. The minimum absolute atomic E-state index is 0.0557. The highest BCUT2D eigenvalue weighted by Gasteiger charge is 2.40. The Morgan fingerprint density at radius 3 is 2.78 bits per heavy atom. The molecule has 1 unspecified atom stereocenters. The number of nitrogens with one attached hydrogen (secondary N) is 1. The summed E-state index contributed by atoms with van der Waals surface area (Å²) in [6.45, 7) is 2.50. The van der Waals surface area contributed by atoms with Gasteiger partial charge in [-0.2, -0.15) is 5.10 Å². The molecule has 0 radical (unpaired) electrons. The van der Waals surface area contributed by atoms with Crippen molar-refractivity contribution in [3.8, 4) is 28.6 Å². The molecule has 0 bridgehead atoms. The first kappa shape index (κ1) is 23.6. The van der Waals surface area contributed by atoms with Gasteiger partial charge in [0.2, 0.25) is 0 Å². The van der Waals surface area contributed by atoms with Gasteiger partial charge in [0.15, 0.2) is 29.0 Å². The summed E-state index contributed by atoms with van der Waals surface area (Å²) in [6, 6.07) is 12.3. The van der Waals surface area contributed by atoms with Crippen molar-refractivity contribution in [2.24, 2.45) is 7.05 Å². The SMILES string of the molecule is Cn1nc(C2(C)CCOc3c(Br)cccc32)nc1-c1cc(Oc2c(F)cc3[nH]ccc3c2F)ccc1F. The zero-order chi connectivity index (χ0) is 25.9. The number of benzene rings is 3. The van der Waals surface area contributed by atoms with E-state index in [0.29, 0.717) is 24.4 Å². The van der Waals surface area contributed by atoms with Crippen LogP contribution in [-0.4, -0.2) is 26.4 Å². The number of fused-ring (bicyclic) bond motifs is 2. The predicted octanol–water partition coefficient (Wildman–Crippen LogP) is 7.02. The fourth-order valence-electron chi connectivity index (χ4n) is 4.73. The highest BCUT2D eigenvalue weighted by Crippen LogP contribution is 2.45. The van der Waals surface area contributed by atoms with E-state index in [1.165, 1.54) is 35.1 Å². The molecule has 3 aromatic carbocycles. The molecule has 37 heavy (non-hydrogen) atoms. The van der Waals surface area contributed by atoms with Gasteiger partial charge < -0.3 is 14.5 Å². The number of para-hydroxylation sites is 1. The van der Waals surface area contributed by atoms with E-state index in [0.717, 1.165) is 21.9 Å². The van der Waals surface area contributed by atoms with Crippen LogP contribution >= 0.6 is 15.9 Å². The number of ether oxygens (including phenoxy) is 2. The van der Waals surface area contributed by atoms with Crippen LogP contribution in [0.1, 0.15) is 24.7 Å². The van der Waals surface area contributed by atoms with Gasteiger partial charge in [-0.25, -0.2) is 22.8 Å². The van der Waals surface area contributed by atoms with E-state index in [9.17, 15) is 8.78 Å². The number of nitrogens with zero attached hydrogens (tertiary/aromatic N) is 3. The van der Waals surface area contributed by atoms with Gasteiger partial charge in [0, 0.05) is 30.3 Å². The third-order valence-corrected chi connectivity index (χ3v) is 7.39. The lowest BCUT2D eigenvalue weighted by Crippen LogP contribution is -2.32. The molecule has 1 N–H and O–H groups in total. The second kappa shape index (κ2) is 8.65. The molecule has 2 aromatic heterocycles. The lowest BCUT2D eigenvalue weighted by molar-refractivity contribution is 0.237. The Hall–Kier alpha value is -3.79. The molecule has 1 aliphatic rings. The smallest absolute Gasteiger partial charge is 0.199 e. The first-order valence-electron chi connectivity index (χ1n) is 11.5. The molecule has 10 heteroatoms. The molecule has 1 atom stereocenters. The Balaban J connectivity index is 1.40. The van der Waals surface area contributed by atoms with Crippen LogP contribution in [0.25, 0.3) is 22.3 Å². The molecular formula is C27H20BrF3N4O2. The van der Waals surface area contributed by atoms with Crippen LogP contribution in [0.5, 0.6) is 17.2 Å². The van der Waals surface area contributed by atoms with Crippen LogP contribution in [0.2, 0.25) is 0 Å². The molecule has 0 saturated carbocycles. The summed E-state index contributed by atoms with van der Waals surface area (Å²) in [6.07, 6.45) is 2.14. The fraction of sp³-hybridized carbons (Fsp3) is 0.185. The molecule has 0 amide bonds. The van der Waals surface area contributed by atoms with Crippen molar-refractivity contribution in [1.82, 2.24) is 19.7 Å². The van der Waals surface area contributed by atoms with Crippen LogP contribution in [0.3, 0.4) is 0 Å². The maximum Gasteiger partial charge on any atom is 0.199 e. The number of aromatic amines is 1. The Morgan fingerprint density at radius 1 is 1.11 bits per heavy atom. The zero-order valence-electron chi connectivity index (χ0n) is 19.8. The van der Waals surface area contributed by atoms with E-state index in [4.69, 9.17) is 14.5 Å². The maximum atomic E-state index is 15.0. The van der Waals surface area contributed by atoms with E-state index >= 15 is 4.39 Å².